The van der Waals surface area contributed by atoms with Crippen LogP contribution in [0.15, 0.2) is 66.5 Å². The molecule has 12 heteroatoms. The number of rotatable bonds is 7. The lowest BCUT2D eigenvalue weighted by Crippen LogP contribution is -2.34. The number of piperidine rings is 1. The zero-order chi connectivity index (χ0) is 24.5. The third kappa shape index (κ3) is 4.07. The Morgan fingerprint density at radius 3 is 2.92 bits per heavy atom. The first-order valence-corrected chi connectivity index (χ1v) is 11.7. The minimum absolute atomic E-state index is 0.103. The minimum atomic E-state index is -0.230. The van der Waals surface area contributed by atoms with E-state index in [9.17, 15) is 4.79 Å². The Morgan fingerprint density at radius 2 is 2.06 bits per heavy atom. The van der Waals surface area contributed by atoms with Gasteiger partial charge in [0.15, 0.2) is 17.1 Å². The fourth-order valence-corrected chi connectivity index (χ4v) is 4.30. The van der Waals surface area contributed by atoms with E-state index in [0.29, 0.717) is 28.7 Å². The Bertz CT molecular complexity index is 1610. The molecule has 0 bridgehead atoms. The van der Waals surface area contributed by atoms with Crippen molar-refractivity contribution in [3.05, 3.63) is 72.1 Å². The van der Waals surface area contributed by atoms with Crippen molar-refractivity contribution in [2.45, 2.75) is 25.5 Å². The van der Waals surface area contributed by atoms with Crippen LogP contribution in [0.3, 0.4) is 0 Å². The van der Waals surface area contributed by atoms with Crippen LogP contribution < -0.4 is 20.9 Å². The van der Waals surface area contributed by atoms with Gasteiger partial charge in [0.1, 0.15) is 17.8 Å². The summed E-state index contributed by atoms with van der Waals surface area (Å²) < 4.78 is 11.0. The molecule has 0 aromatic carbocycles. The topological polar surface area (TPSA) is 129 Å². The number of anilines is 2. The van der Waals surface area contributed by atoms with Crippen molar-refractivity contribution in [3.63, 3.8) is 0 Å². The Balaban J connectivity index is 1.40. The van der Waals surface area contributed by atoms with Crippen molar-refractivity contribution < 1.29 is 4.74 Å². The van der Waals surface area contributed by atoms with E-state index in [0.717, 1.165) is 37.3 Å². The smallest absolute Gasteiger partial charge is 0.278 e. The number of fused-ring (bicyclic) bond motifs is 2. The van der Waals surface area contributed by atoms with Gasteiger partial charge in [-0.2, -0.15) is 15.1 Å². The highest BCUT2D eigenvalue weighted by Gasteiger charge is 2.20. The number of hydrogen-bond donors (Lipinski definition) is 2. The summed E-state index contributed by atoms with van der Waals surface area (Å²) in [6, 6.07) is 9.21. The maximum Gasteiger partial charge on any atom is 0.278 e. The van der Waals surface area contributed by atoms with Gasteiger partial charge >= 0.3 is 0 Å². The summed E-state index contributed by atoms with van der Waals surface area (Å²) in [6.07, 6.45) is 8.39. The first kappa shape index (κ1) is 21.9. The molecule has 6 heterocycles. The summed E-state index contributed by atoms with van der Waals surface area (Å²) in [5.41, 5.74) is 1.65. The molecule has 0 radical (unpaired) electrons. The average molecular weight is 485 g/mol. The van der Waals surface area contributed by atoms with Crippen molar-refractivity contribution in [2.24, 2.45) is 0 Å². The van der Waals surface area contributed by atoms with Gasteiger partial charge in [-0.15, -0.1) is 6.58 Å². The van der Waals surface area contributed by atoms with Crippen LogP contribution >= 0.6 is 0 Å². The standard InChI is InChI=1S/C24H24N10O2/c1-2-12-33-23(35)18-13-26-24(29-16-6-7-19-27-15-28-32(19)14-16)31-22(18)34(33)20-4-3-5-21(30-20)36-17-8-10-25-11-9-17/h2-7,13-15,17,25H,1,8-12H2,(H,26,29,31). The monoisotopic (exact) mass is 484 g/mol. The van der Waals surface area contributed by atoms with E-state index in [-0.39, 0.29) is 18.2 Å². The van der Waals surface area contributed by atoms with Gasteiger partial charge < -0.3 is 15.4 Å². The van der Waals surface area contributed by atoms with Crippen molar-refractivity contribution in [1.82, 2.24) is 44.2 Å². The zero-order valence-corrected chi connectivity index (χ0v) is 19.4. The Hall–Kier alpha value is -4.58. The van der Waals surface area contributed by atoms with E-state index in [1.165, 1.54) is 17.2 Å². The highest BCUT2D eigenvalue weighted by Crippen LogP contribution is 2.21. The molecule has 0 amide bonds. The van der Waals surface area contributed by atoms with Gasteiger partial charge in [-0.25, -0.2) is 23.8 Å². The molecule has 1 saturated heterocycles. The van der Waals surface area contributed by atoms with Crippen LogP contribution in [0.25, 0.3) is 22.5 Å². The van der Waals surface area contributed by atoms with Crippen LogP contribution in [0.1, 0.15) is 12.8 Å². The number of nitrogens with one attached hydrogen (secondary N) is 2. The number of allylic oxidation sites excluding steroid dienone is 1. The molecule has 1 aliphatic rings. The van der Waals surface area contributed by atoms with Gasteiger partial charge in [-0.3, -0.25) is 4.79 Å². The Morgan fingerprint density at radius 1 is 1.17 bits per heavy atom. The first-order chi connectivity index (χ1) is 17.7. The Labute approximate surface area is 205 Å². The molecule has 36 heavy (non-hydrogen) atoms. The lowest BCUT2D eigenvalue weighted by Gasteiger charge is -2.23. The molecule has 0 aliphatic carbocycles. The third-order valence-corrected chi connectivity index (χ3v) is 6.01. The molecule has 5 aromatic heterocycles. The van der Waals surface area contributed by atoms with Crippen molar-refractivity contribution in [3.8, 4) is 11.7 Å². The Kier molecular flexibility index (Phi) is 5.62. The molecular weight excluding hydrogens is 460 g/mol. The van der Waals surface area contributed by atoms with E-state index >= 15 is 0 Å². The number of nitrogens with zero attached hydrogens (tertiary/aromatic N) is 8. The second-order valence-electron chi connectivity index (χ2n) is 8.43. The quantitative estimate of drug-likeness (QED) is 0.334. The number of pyridine rings is 2. The molecule has 0 saturated carbocycles. The minimum Gasteiger partial charge on any atom is -0.474 e. The van der Waals surface area contributed by atoms with Gasteiger partial charge in [-0.05, 0) is 44.1 Å². The predicted molar refractivity (Wildman–Crippen MR) is 134 cm³/mol. The molecule has 0 unspecified atom stereocenters. The zero-order valence-electron chi connectivity index (χ0n) is 19.4. The predicted octanol–water partition coefficient (Wildman–Crippen LogP) is 2.08. The first-order valence-electron chi connectivity index (χ1n) is 11.7. The summed E-state index contributed by atoms with van der Waals surface area (Å²) >= 11 is 0. The van der Waals surface area contributed by atoms with Gasteiger partial charge in [0.05, 0.1) is 18.4 Å². The van der Waals surface area contributed by atoms with Crippen LogP contribution in [0.5, 0.6) is 5.88 Å². The van der Waals surface area contributed by atoms with Crippen LogP contribution in [0, 0.1) is 0 Å². The number of hydrogen-bond acceptors (Lipinski definition) is 9. The molecule has 12 nitrogen and oxygen atoms in total. The highest BCUT2D eigenvalue weighted by atomic mass is 16.5. The molecule has 6 rings (SSSR count). The lowest BCUT2D eigenvalue weighted by atomic mass is 10.1. The molecule has 5 aromatic rings. The maximum atomic E-state index is 13.2. The fourth-order valence-electron chi connectivity index (χ4n) is 4.30. The summed E-state index contributed by atoms with van der Waals surface area (Å²) in [7, 11) is 0. The van der Waals surface area contributed by atoms with Gasteiger partial charge in [0.2, 0.25) is 11.8 Å². The highest BCUT2D eigenvalue weighted by molar-refractivity contribution is 5.77. The summed E-state index contributed by atoms with van der Waals surface area (Å²) in [5, 5.41) is 11.0. The van der Waals surface area contributed by atoms with E-state index in [1.807, 2.05) is 30.3 Å². The maximum absolute atomic E-state index is 13.2. The largest absolute Gasteiger partial charge is 0.474 e. The SMILES string of the molecule is C=CCn1c(=O)c2cnc(Nc3ccc4ncnn4c3)nc2n1-c1cccc(OC2CCNCC2)n1. The second-order valence-corrected chi connectivity index (χ2v) is 8.43. The van der Waals surface area contributed by atoms with Crippen LogP contribution in [-0.4, -0.2) is 58.1 Å². The van der Waals surface area contributed by atoms with Gasteiger partial charge in [0, 0.05) is 12.3 Å². The molecule has 0 atom stereocenters. The van der Waals surface area contributed by atoms with Crippen LogP contribution in [0.2, 0.25) is 0 Å². The molecule has 0 spiro atoms. The molecular formula is C24H24N10O2. The van der Waals surface area contributed by atoms with Gasteiger partial charge in [-0.1, -0.05) is 12.1 Å². The van der Waals surface area contributed by atoms with E-state index in [2.05, 4.69) is 37.3 Å². The average Bonchev–Trinajstić information content (AvgIpc) is 3.47. The van der Waals surface area contributed by atoms with Crippen molar-refractivity contribution in [2.75, 3.05) is 18.4 Å². The van der Waals surface area contributed by atoms with E-state index in [1.54, 1.807) is 21.5 Å². The fraction of sp³-hybridized carbons (Fsp3) is 0.250. The van der Waals surface area contributed by atoms with Crippen molar-refractivity contribution in [1.29, 1.82) is 0 Å². The van der Waals surface area contributed by atoms with Crippen LogP contribution in [-0.2, 0) is 6.54 Å². The second kappa shape index (κ2) is 9.23. The lowest BCUT2D eigenvalue weighted by molar-refractivity contribution is 0.156. The third-order valence-electron chi connectivity index (χ3n) is 6.01. The van der Waals surface area contributed by atoms with E-state index in [4.69, 9.17) is 9.72 Å². The number of ether oxygens (including phenoxy) is 1. The van der Waals surface area contributed by atoms with Crippen molar-refractivity contribution >= 4 is 28.3 Å². The van der Waals surface area contributed by atoms with Crippen LogP contribution in [0.4, 0.5) is 11.6 Å². The summed E-state index contributed by atoms with van der Waals surface area (Å²) in [5.74, 6) is 1.35. The molecule has 1 fully saturated rings. The van der Waals surface area contributed by atoms with E-state index < -0.39 is 0 Å². The van der Waals surface area contributed by atoms with Gasteiger partial charge in [0.25, 0.3) is 5.56 Å². The summed E-state index contributed by atoms with van der Waals surface area (Å²) in [6.45, 7) is 5.92. The molecule has 2 N–H and O–H groups in total. The summed E-state index contributed by atoms with van der Waals surface area (Å²) in [4.78, 5) is 31.1. The number of aromatic nitrogens is 8. The molecule has 182 valence electrons. The normalized spacial score (nSPS) is 14.3. The molecule has 1 aliphatic heterocycles.